The first kappa shape index (κ1) is 20.3. The van der Waals surface area contributed by atoms with Crippen molar-refractivity contribution in [3.63, 3.8) is 0 Å². The van der Waals surface area contributed by atoms with E-state index >= 15 is 0 Å². The van der Waals surface area contributed by atoms with E-state index in [1.54, 1.807) is 25.1 Å². The van der Waals surface area contributed by atoms with Crippen molar-refractivity contribution in [2.75, 3.05) is 0 Å². The third kappa shape index (κ3) is 4.05. The average Bonchev–Trinajstić information content (AvgIpc) is 2.80. The maximum atomic E-state index is 12.8. The van der Waals surface area contributed by atoms with Gasteiger partial charge in [0, 0.05) is 12.1 Å². The van der Waals surface area contributed by atoms with Gasteiger partial charge in [0.1, 0.15) is 0 Å². The number of H-pyrrole nitrogens is 1. The van der Waals surface area contributed by atoms with Gasteiger partial charge < -0.3 is 14.9 Å². The van der Waals surface area contributed by atoms with E-state index in [-0.39, 0.29) is 11.9 Å². The Kier molecular flexibility index (Phi) is 5.54. The first-order valence-electron chi connectivity index (χ1n) is 10.2. The molecule has 0 fully saturated rings. The lowest BCUT2D eigenvalue weighted by molar-refractivity contribution is 0.0940. The largest absolute Gasteiger partial charge is 0.346 e. The van der Waals surface area contributed by atoms with Gasteiger partial charge in [0.05, 0.1) is 17.1 Å². The van der Waals surface area contributed by atoms with Crippen LogP contribution in [0, 0.1) is 0 Å². The maximum absolute atomic E-state index is 12.8. The van der Waals surface area contributed by atoms with Crippen molar-refractivity contribution in [2.24, 2.45) is 0 Å². The van der Waals surface area contributed by atoms with Gasteiger partial charge in [-0.1, -0.05) is 54.6 Å². The van der Waals surface area contributed by atoms with Gasteiger partial charge in [-0.05, 0) is 48.7 Å². The summed E-state index contributed by atoms with van der Waals surface area (Å²) in [4.78, 5) is 39.2. The van der Waals surface area contributed by atoms with Gasteiger partial charge >= 0.3 is 11.1 Å². The third-order valence-electron chi connectivity index (χ3n) is 5.42. The molecular weight excluding hydrogens is 390 g/mol. The van der Waals surface area contributed by atoms with Crippen molar-refractivity contribution >= 4 is 16.9 Å². The van der Waals surface area contributed by atoms with Crippen LogP contribution in [-0.2, 0) is 6.54 Å². The summed E-state index contributed by atoms with van der Waals surface area (Å²) in [7, 11) is 0. The number of amides is 1. The second kappa shape index (κ2) is 8.44. The van der Waals surface area contributed by atoms with Gasteiger partial charge in [0.2, 0.25) is 0 Å². The molecule has 2 N–H and O–H groups in total. The van der Waals surface area contributed by atoms with Crippen LogP contribution in [0.1, 0.15) is 35.8 Å². The highest BCUT2D eigenvalue weighted by molar-refractivity contribution is 5.97. The molecule has 1 amide bonds. The van der Waals surface area contributed by atoms with Crippen LogP contribution in [0.4, 0.5) is 0 Å². The van der Waals surface area contributed by atoms with E-state index in [9.17, 15) is 14.4 Å². The summed E-state index contributed by atoms with van der Waals surface area (Å²) >= 11 is 0. The zero-order valence-corrected chi connectivity index (χ0v) is 17.4. The van der Waals surface area contributed by atoms with E-state index in [1.165, 1.54) is 4.57 Å². The zero-order chi connectivity index (χ0) is 22.0. The van der Waals surface area contributed by atoms with E-state index in [0.717, 1.165) is 16.7 Å². The second-order valence-electron chi connectivity index (χ2n) is 7.42. The Hall–Kier alpha value is -3.93. The number of aryl methyl sites for hydroxylation is 1. The lowest BCUT2D eigenvalue weighted by atomic mass is 10.0. The third-order valence-corrected chi connectivity index (χ3v) is 5.42. The monoisotopic (exact) mass is 413 g/mol. The minimum absolute atomic E-state index is 0.198. The summed E-state index contributed by atoms with van der Waals surface area (Å²) in [6.07, 6.45) is 0. The molecule has 0 aliphatic carbocycles. The Morgan fingerprint density at radius 2 is 1.65 bits per heavy atom. The standard InChI is InChI=1S/C25H23N3O3/c1-3-28-22-14-13-20(15-21(22)27-24(30)25(28)31)23(29)26-16(2)17-9-11-19(12-10-17)18-7-5-4-6-8-18/h4-16H,3H2,1-2H3,(H,26,29)(H,27,30)/t16-/m1/s1. The molecule has 0 spiro atoms. The van der Waals surface area contributed by atoms with E-state index in [0.29, 0.717) is 23.1 Å². The molecule has 4 aromatic rings. The van der Waals surface area contributed by atoms with Gasteiger partial charge in [-0.25, -0.2) is 0 Å². The van der Waals surface area contributed by atoms with Crippen LogP contribution in [0.2, 0.25) is 0 Å². The van der Waals surface area contributed by atoms with Gasteiger partial charge in [0.25, 0.3) is 5.91 Å². The quantitative estimate of drug-likeness (QED) is 0.487. The van der Waals surface area contributed by atoms with E-state index in [2.05, 4.69) is 22.4 Å². The summed E-state index contributed by atoms with van der Waals surface area (Å²) in [5.41, 5.74) is 3.41. The number of hydrogen-bond donors (Lipinski definition) is 2. The lowest BCUT2D eigenvalue weighted by Crippen LogP contribution is -2.36. The predicted molar refractivity (Wildman–Crippen MR) is 122 cm³/mol. The first-order valence-corrected chi connectivity index (χ1v) is 10.2. The van der Waals surface area contributed by atoms with Crippen molar-refractivity contribution < 1.29 is 4.79 Å². The molecule has 31 heavy (non-hydrogen) atoms. The summed E-state index contributed by atoms with van der Waals surface area (Å²) in [5, 5.41) is 2.99. The Bertz CT molecular complexity index is 1350. The van der Waals surface area contributed by atoms with Crippen LogP contribution in [0.25, 0.3) is 22.2 Å². The molecule has 156 valence electrons. The topological polar surface area (TPSA) is 84.0 Å². The number of hydrogen-bond acceptors (Lipinski definition) is 3. The Balaban J connectivity index is 1.55. The molecule has 3 aromatic carbocycles. The first-order chi connectivity index (χ1) is 15.0. The van der Waals surface area contributed by atoms with Crippen molar-refractivity contribution in [3.05, 3.63) is 105 Å². The van der Waals surface area contributed by atoms with Crippen molar-refractivity contribution in [2.45, 2.75) is 26.4 Å². The Labute approximate surface area is 179 Å². The zero-order valence-electron chi connectivity index (χ0n) is 17.4. The van der Waals surface area contributed by atoms with Crippen LogP contribution in [0.5, 0.6) is 0 Å². The molecule has 0 bridgehead atoms. The molecule has 0 saturated carbocycles. The number of aromatic amines is 1. The van der Waals surface area contributed by atoms with Crippen LogP contribution in [0.15, 0.2) is 82.4 Å². The Morgan fingerprint density at radius 3 is 2.32 bits per heavy atom. The second-order valence-corrected chi connectivity index (χ2v) is 7.42. The molecule has 0 aliphatic rings. The van der Waals surface area contributed by atoms with E-state index in [1.807, 2.05) is 49.4 Å². The van der Waals surface area contributed by atoms with E-state index < -0.39 is 11.1 Å². The van der Waals surface area contributed by atoms with Crippen LogP contribution in [0.3, 0.4) is 0 Å². The van der Waals surface area contributed by atoms with Gasteiger partial charge in [-0.2, -0.15) is 0 Å². The fraction of sp³-hybridized carbons (Fsp3) is 0.160. The number of carbonyl (C=O) groups excluding carboxylic acids is 1. The molecule has 1 aromatic heterocycles. The number of fused-ring (bicyclic) bond motifs is 1. The average molecular weight is 413 g/mol. The summed E-state index contributed by atoms with van der Waals surface area (Å²) in [5.74, 6) is -0.253. The van der Waals surface area contributed by atoms with Gasteiger partial charge in [0.15, 0.2) is 0 Å². The highest BCUT2D eigenvalue weighted by Gasteiger charge is 2.14. The number of carbonyl (C=O) groups is 1. The summed E-state index contributed by atoms with van der Waals surface area (Å²) in [6.45, 7) is 4.10. The predicted octanol–water partition coefficient (Wildman–Crippen LogP) is 3.87. The smallest absolute Gasteiger partial charge is 0.316 e. The summed E-state index contributed by atoms with van der Waals surface area (Å²) in [6, 6.07) is 22.9. The Morgan fingerprint density at radius 1 is 0.968 bits per heavy atom. The van der Waals surface area contributed by atoms with Crippen molar-refractivity contribution in [1.82, 2.24) is 14.9 Å². The van der Waals surface area contributed by atoms with Gasteiger partial charge in [-0.3, -0.25) is 14.4 Å². The number of nitrogens with one attached hydrogen (secondary N) is 2. The maximum Gasteiger partial charge on any atom is 0.316 e. The van der Waals surface area contributed by atoms with E-state index in [4.69, 9.17) is 0 Å². The molecule has 6 nitrogen and oxygen atoms in total. The molecule has 6 heteroatoms. The SMILES string of the molecule is CCn1c(=O)c(=O)[nH]c2cc(C(=O)N[C@H](C)c3ccc(-c4ccccc4)cc3)ccc21. The molecule has 0 unspecified atom stereocenters. The minimum atomic E-state index is -0.696. The van der Waals surface area contributed by atoms with Crippen molar-refractivity contribution in [3.8, 4) is 11.1 Å². The molecule has 1 atom stereocenters. The lowest BCUT2D eigenvalue weighted by Gasteiger charge is -2.15. The highest BCUT2D eigenvalue weighted by Crippen LogP contribution is 2.22. The van der Waals surface area contributed by atoms with Crippen LogP contribution >= 0.6 is 0 Å². The van der Waals surface area contributed by atoms with Crippen LogP contribution in [-0.4, -0.2) is 15.5 Å². The normalized spacial score (nSPS) is 11.9. The minimum Gasteiger partial charge on any atom is -0.346 e. The molecule has 0 aliphatic heterocycles. The number of aromatic nitrogens is 2. The highest BCUT2D eigenvalue weighted by atomic mass is 16.2. The fourth-order valence-electron chi connectivity index (χ4n) is 3.69. The number of nitrogens with zero attached hydrogens (tertiary/aromatic N) is 1. The number of benzene rings is 3. The molecule has 4 rings (SSSR count). The number of rotatable bonds is 5. The van der Waals surface area contributed by atoms with Crippen LogP contribution < -0.4 is 16.4 Å². The molecule has 0 radical (unpaired) electrons. The fourth-order valence-corrected chi connectivity index (χ4v) is 3.69. The molecule has 1 heterocycles. The van der Waals surface area contributed by atoms with Crippen molar-refractivity contribution in [1.29, 1.82) is 0 Å². The molecular formula is C25H23N3O3. The summed E-state index contributed by atoms with van der Waals surface area (Å²) < 4.78 is 1.40. The molecule has 0 saturated heterocycles. The van der Waals surface area contributed by atoms with Gasteiger partial charge in [-0.15, -0.1) is 0 Å².